The third-order valence-corrected chi connectivity index (χ3v) is 7.74. The lowest BCUT2D eigenvalue weighted by Crippen LogP contribution is -2.17. The first-order valence-electron chi connectivity index (χ1n) is 11.5. The van der Waals surface area contributed by atoms with E-state index < -0.39 is 23.9 Å². The van der Waals surface area contributed by atoms with Gasteiger partial charge < -0.3 is 11.1 Å². The van der Waals surface area contributed by atoms with Crippen molar-refractivity contribution in [2.45, 2.75) is 26.8 Å². The first-order valence-corrected chi connectivity index (χ1v) is 13.1. The Labute approximate surface area is 233 Å². The number of aromatic nitrogens is 5. The molecule has 0 spiro atoms. The summed E-state index contributed by atoms with van der Waals surface area (Å²) in [6.07, 6.45) is -1.32. The van der Waals surface area contributed by atoms with E-state index in [9.17, 15) is 18.4 Å². The summed E-state index contributed by atoms with van der Waals surface area (Å²) in [7, 11) is 0. The number of nitrogens with one attached hydrogen (secondary N) is 2. The molecule has 39 heavy (non-hydrogen) atoms. The number of aromatic amines is 1. The summed E-state index contributed by atoms with van der Waals surface area (Å²) >= 11 is 13.1. The molecule has 0 saturated heterocycles. The number of thiophene rings is 1. The molecule has 5 rings (SSSR count). The molecule has 4 aromatic heterocycles. The SMILES string of the molecule is CCn1ncc(-c2cc(C(F)F)nc3sc(C(N)=O)c(NC(=O)c4cc(-c5ccc(Cl)cc5Cl)n[nH]4)c23)c1C. The smallest absolute Gasteiger partial charge is 0.280 e. The van der Waals surface area contributed by atoms with E-state index in [4.69, 9.17) is 28.9 Å². The number of alkyl halides is 2. The molecule has 0 radical (unpaired) electrons. The molecule has 1 aromatic carbocycles. The minimum atomic E-state index is -2.87. The number of primary amides is 1. The molecule has 0 aliphatic heterocycles. The van der Waals surface area contributed by atoms with Gasteiger partial charge in [-0.05, 0) is 49.7 Å². The van der Waals surface area contributed by atoms with E-state index in [0.717, 1.165) is 11.3 Å². The second-order valence-corrected chi connectivity index (χ2v) is 10.3. The van der Waals surface area contributed by atoms with Gasteiger partial charge in [-0.25, -0.2) is 13.8 Å². The van der Waals surface area contributed by atoms with E-state index in [1.807, 2.05) is 6.92 Å². The number of carbonyl (C=O) groups excluding carboxylic acids is 2. The highest BCUT2D eigenvalue weighted by Crippen LogP contribution is 2.43. The minimum Gasteiger partial charge on any atom is -0.365 e. The van der Waals surface area contributed by atoms with Crippen LogP contribution in [-0.2, 0) is 6.54 Å². The predicted molar refractivity (Wildman–Crippen MR) is 147 cm³/mol. The van der Waals surface area contributed by atoms with Crippen molar-refractivity contribution in [1.82, 2.24) is 25.0 Å². The van der Waals surface area contributed by atoms with Crippen molar-refractivity contribution < 1.29 is 18.4 Å². The van der Waals surface area contributed by atoms with Crippen LogP contribution in [0.25, 0.3) is 32.6 Å². The van der Waals surface area contributed by atoms with Crippen molar-refractivity contribution in [1.29, 1.82) is 0 Å². The standard InChI is InChI=1S/C25H19Cl2F2N7O2S/c1-3-36-10(2)14(9-31-36)13-7-17(22(28)29)32-25-19(13)20(21(39-25)23(30)37)33-24(38)18-8-16(34-35-18)12-5-4-11(26)6-15(12)27/h4-9,22H,3H2,1-2H3,(H2,30,37)(H,33,38)(H,34,35). The summed E-state index contributed by atoms with van der Waals surface area (Å²) in [6.45, 7) is 4.25. The Hall–Kier alpha value is -3.87. The van der Waals surface area contributed by atoms with Crippen LogP contribution in [0.4, 0.5) is 14.5 Å². The summed E-state index contributed by atoms with van der Waals surface area (Å²) in [4.78, 5) is 29.8. The van der Waals surface area contributed by atoms with Crippen molar-refractivity contribution in [2.75, 3.05) is 5.32 Å². The van der Waals surface area contributed by atoms with Crippen LogP contribution in [0.2, 0.25) is 10.0 Å². The van der Waals surface area contributed by atoms with Crippen molar-refractivity contribution in [3.8, 4) is 22.4 Å². The van der Waals surface area contributed by atoms with Gasteiger partial charge in [0.05, 0.1) is 22.6 Å². The van der Waals surface area contributed by atoms with Gasteiger partial charge >= 0.3 is 0 Å². The fourth-order valence-corrected chi connectivity index (χ4v) is 5.74. The Morgan fingerprint density at radius 3 is 2.59 bits per heavy atom. The number of nitrogens with two attached hydrogens (primary N) is 1. The summed E-state index contributed by atoms with van der Waals surface area (Å²) in [5.74, 6) is -1.50. The lowest BCUT2D eigenvalue weighted by atomic mass is 10.0. The van der Waals surface area contributed by atoms with Gasteiger partial charge in [-0.3, -0.25) is 19.4 Å². The molecule has 2 amide bonds. The minimum absolute atomic E-state index is 0.0421. The molecule has 0 bridgehead atoms. The Morgan fingerprint density at radius 1 is 1.18 bits per heavy atom. The Morgan fingerprint density at radius 2 is 1.95 bits per heavy atom. The second-order valence-electron chi connectivity index (χ2n) is 8.45. The maximum atomic E-state index is 13.8. The number of nitrogens with zero attached hydrogens (tertiary/aromatic N) is 4. The Balaban J connectivity index is 1.63. The number of halogens is 4. The lowest BCUT2D eigenvalue weighted by Gasteiger charge is -2.10. The quantitative estimate of drug-likeness (QED) is 0.200. The molecule has 0 fully saturated rings. The number of anilines is 1. The molecule has 200 valence electrons. The summed E-state index contributed by atoms with van der Waals surface area (Å²) in [5, 5.41) is 14.9. The summed E-state index contributed by atoms with van der Waals surface area (Å²) in [6, 6.07) is 7.57. The van der Waals surface area contributed by atoms with E-state index in [1.165, 1.54) is 12.1 Å². The van der Waals surface area contributed by atoms with E-state index in [-0.39, 0.29) is 21.1 Å². The van der Waals surface area contributed by atoms with Gasteiger partial charge in [0.25, 0.3) is 18.2 Å². The number of H-pyrrole nitrogens is 1. The molecule has 5 aromatic rings. The van der Waals surface area contributed by atoms with Crippen molar-refractivity contribution in [3.63, 3.8) is 0 Å². The van der Waals surface area contributed by atoms with Crippen LogP contribution >= 0.6 is 34.5 Å². The highest BCUT2D eigenvalue weighted by molar-refractivity contribution is 7.21. The first-order chi connectivity index (χ1) is 18.6. The van der Waals surface area contributed by atoms with Crippen molar-refractivity contribution in [2.24, 2.45) is 5.73 Å². The van der Waals surface area contributed by atoms with Gasteiger partial charge in [-0.1, -0.05) is 23.2 Å². The van der Waals surface area contributed by atoms with E-state index in [0.29, 0.717) is 50.1 Å². The number of fused-ring (bicyclic) bond motifs is 1. The first kappa shape index (κ1) is 26.7. The highest BCUT2D eigenvalue weighted by atomic mass is 35.5. The van der Waals surface area contributed by atoms with Crippen LogP contribution in [0.5, 0.6) is 0 Å². The molecular weight excluding hydrogens is 571 g/mol. The van der Waals surface area contributed by atoms with Gasteiger partial charge in [0.2, 0.25) is 0 Å². The fraction of sp³-hybridized carbons (Fsp3) is 0.160. The molecule has 14 heteroatoms. The van der Waals surface area contributed by atoms with E-state index >= 15 is 0 Å². The Kier molecular flexibility index (Phi) is 7.10. The van der Waals surface area contributed by atoms with E-state index in [2.05, 4.69) is 25.6 Å². The summed E-state index contributed by atoms with van der Waals surface area (Å²) in [5.41, 5.74) is 7.80. The number of benzene rings is 1. The predicted octanol–water partition coefficient (Wildman–Crippen LogP) is 6.47. The zero-order valence-electron chi connectivity index (χ0n) is 20.4. The van der Waals surface area contributed by atoms with Gasteiger partial charge in [-0.15, -0.1) is 11.3 Å². The maximum absolute atomic E-state index is 13.8. The summed E-state index contributed by atoms with van der Waals surface area (Å²) < 4.78 is 29.3. The van der Waals surface area contributed by atoms with Gasteiger partial charge in [0, 0.05) is 33.8 Å². The molecule has 0 atom stereocenters. The normalized spacial score (nSPS) is 11.5. The molecule has 4 heterocycles. The van der Waals surface area contributed by atoms with Crippen molar-refractivity contribution >= 4 is 62.3 Å². The highest BCUT2D eigenvalue weighted by Gasteiger charge is 2.27. The number of hydrogen-bond acceptors (Lipinski definition) is 6. The van der Waals surface area contributed by atoms with Gasteiger partial charge in [-0.2, -0.15) is 10.2 Å². The molecule has 9 nitrogen and oxygen atoms in total. The molecule has 0 aliphatic rings. The molecular formula is C25H19Cl2F2N7O2S. The van der Waals surface area contributed by atoms with Crippen LogP contribution in [-0.4, -0.2) is 36.8 Å². The lowest BCUT2D eigenvalue weighted by molar-refractivity contribution is 0.100. The Bertz CT molecular complexity index is 1760. The van der Waals surface area contributed by atoms with Crippen LogP contribution in [0, 0.1) is 6.92 Å². The van der Waals surface area contributed by atoms with Gasteiger partial charge in [0.15, 0.2) is 0 Å². The molecule has 0 aliphatic carbocycles. The van der Waals surface area contributed by atoms with Crippen LogP contribution in [0.3, 0.4) is 0 Å². The zero-order valence-corrected chi connectivity index (χ0v) is 22.7. The largest absolute Gasteiger partial charge is 0.365 e. The zero-order chi connectivity index (χ0) is 28.0. The third-order valence-electron chi connectivity index (χ3n) is 6.09. The monoisotopic (exact) mass is 589 g/mol. The molecule has 0 saturated carbocycles. The van der Waals surface area contributed by atoms with Crippen LogP contribution < -0.4 is 11.1 Å². The van der Waals surface area contributed by atoms with Crippen LogP contribution in [0.15, 0.2) is 36.5 Å². The van der Waals surface area contributed by atoms with Crippen molar-refractivity contribution in [3.05, 3.63) is 68.5 Å². The molecule has 4 N–H and O–H groups in total. The van der Waals surface area contributed by atoms with E-state index in [1.54, 1.807) is 36.0 Å². The average molecular weight is 590 g/mol. The second kappa shape index (κ2) is 10.4. The fourth-order valence-electron chi connectivity index (χ4n) is 4.22. The third kappa shape index (κ3) is 4.86. The van der Waals surface area contributed by atoms with Gasteiger partial charge in [0.1, 0.15) is 21.1 Å². The number of aryl methyl sites for hydroxylation is 1. The number of rotatable bonds is 7. The topological polar surface area (TPSA) is 132 Å². The van der Waals surface area contributed by atoms with Crippen LogP contribution in [0.1, 0.15) is 44.9 Å². The number of hydrogen-bond donors (Lipinski definition) is 3. The molecule has 0 unspecified atom stereocenters. The maximum Gasteiger partial charge on any atom is 0.280 e. The number of carbonyl (C=O) groups is 2. The number of pyridine rings is 1. The number of amides is 2. The average Bonchev–Trinajstić information content (AvgIpc) is 3.61.